The lowest BCUT2D eigenvalue weighted by Gasteiger charge is -2.22. The molecule has 0 aliphatic carbocycles. The van der Waals surface area contributed by atoms with Crippen LogP contribution in [0.1, 0.15) is 12.5 Å². The Morgan fingerprint density at radius 1 is 1.29 bits per heavy atom. The molecule has 2 aromatic rings. The van der Waals surface area contributed by atoms with Crippen molar-refractivity contribution in [2.24, 2.45) is 5.84 Å². The van der Waals surface area contributed by atoms with Gasteiger partial charge in [-0.3, -0.25) is 0 Å². The van der Waals surface area contributed by atoms with E-state index >= 15 is 0 Å². The number of aromatic nitrogens is 2. The van der Waals surface area contributed by atoms with Crippen molar-refractivity contribution in [1.29, 1.82) is 0 Å². The fourth-order valence-electron chi connectivity index (χ4n) is 1.99. The molecule has 0 saturated heterocycles. The number of hydroxylamine groups is 2. The fourth-order valence-corrected chi connectivity index (χ4v) is 1.99. The second-order valence-corrected chi connectivity index (χ2v) is 5.25. The molecule has 0 amide bonds. The topological polar surface area (TPSA) is 106 Å². The molecule has 130 valence electrons. The van der Waals surface area contributed by atoms with Crippen LogP contribution in [0.4, 0.5) is 5.82 Å². The Morgan fingerprint density at radius 3 is 2.75 bits per heavy atom. The molecular weight excluding hydrogens is 310 g/mol. The lowest BCUT2D eigenvalue weighted by atomic mass is 10.2. The van der Waals surface area contributed by atoms with E-state index in [-0.39, 0.29) is 13.2 Å². The van der Waals surface area contributed by atoms with Gasteiger partial charge in [-0.1, -0.05) is 12.1 Å². The van der Waals surface area contributed by atoms with Crippen LogP contribution in [0.25, 0.3) is 0 Å². The van der Waals surface area contributed by atoms with Crippen molar-refractivity contribution >= 4 is 5.82 Å². The minimum Gasteiger partial charge on any atom is -0.491 e. The van der Waals surface area contributed by atoms with Crippen LogP contribution in [0, 0.1) is 6.92 Å². The van der Waals surface area contributed by atoms with Crippen LogP contribution < -0.4 is 20.8 Å². The van der Waals surface area contributed by atoms with Crippen molar-refractivity contribution < 1.29 is 14.7 Å². The highest BCUT2D eigenvalue weighted by Crippen LogP contribution is 2.13. The second kappa shape index (κ2) is 9.02. The lowest BCUT2D eigenvalue weighted by molar-refractivity contribution is -0.0896. The Morgan fingerprint density at radius 2 is 2.12 bits per heavy atom. The van der Waals surface area contributed by atoms with Crippen LogP contribution in [0.15, 0.2) is 36.4 Å². The number of nitrogens with two attached hydrogens (primary N) is 1. The van der Waals surface area contributed by atoms with Gasteiger partial charge in [0, 0.05) is 12.6 Å². The third-order valence-corrected chi connectivity index (χ3v) is 3.21. The summed E-state index contributed by atoms with van der Waals surface area (Å²) in [5, 5.41) is 19.4. The standard InChI is InChI=1S/C16H23N5O3/c1-3-21(24-16-8-7-15(18-17)19-20-16)10-13(22)11-23-14-6-4-5-12(2)9-14/h4-9,13,22H,3,10-11,17H2,1-2H3,(H,18,19). The van der Waals surface area contributed by atoms with Crippen molar-refractivity contribution in [3.05, 3.63) is 42.0 Å². The number of nitrogens with zero attached hydrogens (tertiary/aromatic N) is 3. The monoisotopic (exact) mass is 333 g/mol. The molecule has 1 unspecified atom stereocenters. The molecule has 8 nitrogen and oxygen atoms in total. The second-order valence-electron chi connectivity index (χ2n) is 5.25. The number of aliphatic hydroxyl groups is 1. The van der Waals surface area contributed by atoms with Gasteiger partial charge < -0.3 is 20.1 Å². The zero-order valence-electron chi connectivity index (χ0n) is 13.8. The number of hydrazine groups is 1. The molecule has 1 heterocycles. The number of aryl methyl sites for hydroxylation is 1. The highest BCUT2D eigenvalue weighted by Gasteiger charge is 2.14. The van der Waals surface area contributed by atoms with Crippen molar-refractivity contribution in [3.8, 4) is 11.6 Å². The minimum absolute atomic E-state index is 0.172. The van der Waals surface area contributed by atoms with E-state index in [0.717, 1.165) is 11.3 Å². The van der Waals surface area contributed by atoms with E-state index in [1.165, 1.54) is 0 Å². The van der Waals surface area contributed by atoms with Gasteiger partial charge in [-0.2, -0.15) is 0 Å². The van der Waals surface area contributed by atoms with Gasteiger partial charge in [0.05, 0.1) is 6.54 Å². The molecule has 0 aliphatic heterocycles. The minimum atomic E-state index is -0.705. The van der Waals surface area contributed by atoms with E-state index in [4.69, 9.17) is 15.4 Å². The molecule has 0 fully saturated rings. The first-order chi connectivity index (χ1) is 11.6. The Bertz CT molecular complexity index is 623. The number of nitrogens with one attached hydrogen (secondary N) is 1. The third kappa shape index (κ3) is 5.65. The maximum atomic E-state index is 10.1. The largest absolute Gasteiger partial charge is 0.491 e. The summed E-state index contributed by atoms with van der Waals surface area (Å²) < 4.78 is 5.59. The summed E-state index contributed by atoms with van der Waals surface area (Å²) in [5.41, 5.74) is 3.50. The smallest absolute Gasteiger partial charge is 0.257 e. The average Bonchev–Trinajstić information content (AvgIpc) is 2.60. The first-order valence-corrected chi connectivity index (χ1v) is 7.71. The molecule has 0 saturated carbocycles. The molecule has 1 atom stereocenters. The number of benzene rings is 1. The Balaban J connectivity index is 1.82. The molecule has 1 aromatic carbocycles. The summed E-state index contributed by atoms with van der Waals surface area (Å²) in [6.07, 6.45) is -0.705. The van der Waals surface area contributed by atoms with Gasteiger partial charge >= 0.3 is 0 Å². The Hall–Kier alpha value is -2.42. The summed E-state index contributed by atoms with van der Waals surface area (Å²) >= 11 is 0. The van der Waals surface area contributed by atoms with Crippen molar-refractivity contribution in [1.82, 2.24) is 15.3 Å². The number of hydrogen-bond donors (Lipinski definition) is 3. The van der Waals surface area contributed by atoms with Crippen molar-refractivity contribution in [2.45, 2.75) is 20.0 Å². The lowest BCUT2D eigenvalue weighted by Crippen LogP contribution is -2.38. The van der Waals surface area contributed by atoms with E-state index in [0.29, 0.717) is 18.2 Å². The summed E-state index contributed by atoms with van der Waals surface area (Å²) in [4.78, 5) is 5.58. The van der Waals surface area contributed by atoms with Gasteiger partial charge in [0.15, 0.2) is 5.82 Å². The van der Waals surface area contributed by atoms with Gasteiger partial charge in [0.25, 0.3) is 5.88 Å². The number of nitrogen functional groups attached to an aromatic ring is 1. The van der Waals surface area contributed by atoms with E-state index in [1.54, 1.807) is 17.2 Å². The van der Waals surface area contributed by atoms with Gasteiger partial charge in [-0.05, 0) is 37.6 Å². The fraction of sp³-hybridized carbons (Fsp3) is 0.375. The normalized spacial score (nSPS) is 12.0. The first-order valence-electron chi connectivity index (χ1n) is 7.71. The number of hydrogen-bond acceptors (Lipinski definition) is 8. The molecule has 8 heteroatoms. The van der Waals surface area contributed by atoms with Crippen molar-refractivity contribution in [3.63, 3.8) is 0 Å². The molecular formula is C16H23N5O3. The van der Waals surface area contributed by atoms with Crippen LogP contribution in [0.3, 0.4) is 0 Å². The SMILES string of the molecule is CCN(CC(O)COc1cccc(C)c1)Oc1ccc(NN)nn1. The van der Waals surface area contributed by atoms with Crippen molar-refractivity contribution in [2.75, 3.05) is 25.1 Å². The van der Waals surface area contributed by atoms with E-state index < -0.39 is 6.10 Å². The Labute approximate surface area is 141 Å². The van der Waals surface area contributed by atoms with Crippen LogP contribution in [-0.2, 0) is 0 Å². The van der Waals surface area contributed by atoms with Crippen LogP contribution in [0.5, 0.6) is 11.6 Å². The average molecular weight is 333 g/mol. The highest BCUT2D eigenvalue weighted by molar-refractivity contribution is 5.32. The summed E-state index contributed by atoms with van der Waals surface area (Å²) in [5.74, 6) is 6.73. The van der Waals surface area contributed by atoms with E-state index in [1.807, 2.05) is 38.1 Å². The molecule has 0 bridgehead atoms. The van der Waals surface area contributed by atoms with Crippen LogP contribution in [0.2, 0.25) is 0 Å². The Kier molecular flexibility index (Phi) is 6.74. The molecule has 0 spiro atoms. The molecule has 1 aromatic heterocycles. The quantitative estimate of drug-likeness (QED) is 0.463. The number of anilines is 1. The summed E-state index contributed by atoms with van der Waals surface area (Å²) in [6, 6.07) is 11.0. The summed E-state index contributed by atoms with van der Waals surface area (Å²) in [7, 11) is 0. The number of rotatable bonds is 9. The molecule has 0 aliphatic rings. The maximum absolute atomic E-state index is 10.1. The maximum Gasteiger partial charge on any atom is 0.257 e. The zero-order chi connectivity index (χ0) is 17.4. The van der Waals surface area contributed by atoms with Gasteiger partial charge in [0.2, 0.25) is 0 Å². The molecule has 2 rings (SSSR count). The zero-order valence-corrected chi connectivity index (χ0v) is 13.8. The molecule has 24 heavy (non-hydrogen) atoms. The number of ether oxygens (including phenoxy) is 1. The first kappa shape index (κ1) is 17.9. The predicted octanol–water partition coefficient (Wildman–Crippen LogP) is 1.13. The van der Waals surface area contributed by atoms with Crippen LogP contribution in [-0.4, -0.2) is 46.2 Å². The van der Waals surface area contributed by atoms with Gasteiger partial charge in [-0.25, -0.2) is 5.84 Å². The molecule has 0 radical (unpaired) electrons. The third-order valence-electron chi connectivity index (χ3n) is 3.21. The van der Waals surface area contributed by atoms with Gasteiger partial charge in [0.1, 0.15) is 18.5 Å². The highest BCUT2D eigenvalue weighted by atomic mass is 16.7. The number of aliphatic hydroxyl groups excluding tert-OH is 1. The summed E-state index contributed by atoms with van der Waals surface area (Å²) in [6.45, 7) is 4.92. The van der Waals surface area contributed by atoms with Crippen LogP contribution >= 0.6 is 0 Å². The predicted molar refractivity (Wildman–Crippen MR) is 90.4 cm³/mol. The molecule has 4 N–H and O–H groups in total. The van der Waals surface area contributed by atoms with E-state index in [9.17, 15) is 5.11 Å². The van der Waals surface area contributed by atoms with E-state index in [2.05, 4.69) is 15.6 Å². The number of likely N-dealkylation sites (N-methyl/N-ethyl adjacent to an activating group) is 1. The van der Waals surface area contributed by atoms with Gasteiger partial charge in [-0.15, -0.1) is 15.3 Å².